The number of methoxy groups -OCH3 is 1. The summed E-state index contributed by atoms with van der Waals surface area (Å²) in [5, 5.41) is 12.4. The standard InChI is InChI=1S/C16H19N3O5S/c1-23-15-8-12(2-3-14(15)24-6-5-17)10-18-19-16(20)9-13-4-7-25(21,22)11-13/h2-3,8,10,13H,4,6-7,9,11H2,1H3,(H,19,20)/b18-10-/t13-/m1/s1. The monoisotopic (exact) mass is 365 g/mol. The molecule has 1 saturated heterocycles. The Morgan fingerprint density at radius 1 is 1.48 bits per heavy atom. The molecule has 1 atom stereocenters. The van der Waals surface area contributed by atoms with E-state index in [-0.39, 0.29) is 36.4 Å². The number of nitriles is 1. The van der Waals surface area contributed by atoms with Crippen LogP contribution in [0.5, 0.6) is 11.5 Å². The van der Waals surface area contributed by atoms with E-state index in [2.05, 4.69) is 10.5 Å². The van der Waals surface area contributed by atoms with Gasteiger partial charge in [-0.25, -0.2) is 13.8 Å². The molecule has 1 aliphatic heterocycles. The minimum absolute atomic E-state index is 0.0610. The number of ether oxygens (including phenoxy) is 2. The first-order valence-electron chi connectivity index (χ1n) is 7.63. The number of hydrogen-bond donors (Lipinski definition) is 1. The van der Waals surface area contributed by atoms with Crippen LogP contribution in [0, 0.1) is 17.2 Å². The van der Waals surface area contributed by atoms with Crippen LogP contribution in [-0.4, -0.2) is 45.8 Å². The van der Waals surface area contributed by atoms with Gasteiger partial charge in [0.15, 0.2) is 27.9 Å². The van der Waals surface area contributed by atoms with Gasteiger partial charge in [-0.1, -0.05) is 0 Å². The fourth-order valence-electron chi connectivity index (χ4n) is 2.51. The van der Waals surface area contributed by atoms with E-state index in [1.807, 2.05) is 6.07 Å². The quantitative estimate of drug-likeness (QED) is 0.566. The highest BCUT2D eigenvalue weighted by Crippen LogP contribution is 2.27. The zero-order valence-electron chi connectivity index (χ0n) is 13.8. The smallest absolute Gasteiger partial charge is 0.240 e. The molecule has 0 bridgehead atoms. The zero-order valence-corrected chi connectivity index (χ0v) is 14.6. The van der Waals surface area contributed by atoms with E-state index in [9.17, 15) is 13.2 Å². The number of amides is 1. The Morgan fingerprint density at radius 2 is 2.28 bits per heavy atom. The minimum atomic E-state index is -2.99. The summed E-state index contributed by atoms with van der Waals surface area (Å²) in [6.07, 6.45) is 2.10. The van der Waals surface area contributed by atoms with Crippen LogP contribution in [-0.2, 0) is 14.6 Å². The molecule has 1 fully saturated rings. The molecule has 8 nitrogen and oxygen atoms in total. The highest BCUT2D eigenvalue weighted by Gasteiger charge is 2.29. The number of carbonyl (C=O) groups is 1. The van der Waals surface area contributed by atoms with Gasteiger partial charge in [0.25, 0.3) is 0 Å². The molecule has 0 aliphatic carbocycles. The second kappa shape index (κ2) is 8.48. The molecule has 2 rings (SSSR count). The molecule has 1 N–H and O–H groups in total. The van der Waals surface area contributed by atoms with Crippen LogP contribution in [0.1, 0.15) is 18.4 Å². The average molecular weight is 365 g/mol. The molecule has 1 heterocycles. The van der Waals surface area contributed by atoms with Gasteiger partial charge in [0.1, 0.15) is 6.07 Å². The van der Waals surface area contributed by atoms with Gasteiger partial charge in [0, 0.05) is 6.42 Å². The third kappa shape index (κ3) is 5.76. The first-order chi connectivity index (χ1) is 11.9. The molecule has 25 heavy (non-hydrogen) atoms. The molecule has 0 aromatic heterocycles. The first-order valence-corrected chi connectivity index (χ1v) is 9.46. The van der Waals surface area contributed by atoms with E-state index in [1.165, 1.54) is 13.3 Å². The highest BCUT2D eigenvalue weighted by atomic mass is 32.2. The van der Waals surface area contributed by atoms with Crippen molar-refractivity contribution >= 4 is 22.0 Å². The lowest BCUT2D eigenvalue weighted by molar-refractivity contribution is -0.121. The van der Waals surface area contributed by atoms with Crippen LogP contribution in [0.2, 0.25) is 0 Å². The maximum atomic E-state index is 11.8. The van der Waals surface area contributed by atoms with Crippen molar-refractivity contribution < 1.29 is 22.7 Å². The Morgan fingerprint density at radius 3 is 2.92 bits per heavy atom. The van der Waals surface area contributed by atoms with E-state index in [4.69, 9.17) is 14.7 Å². The third-order valence-corrected chi connectivity index (χ3v) is 5.52. The number of rotatable bonds is 7. The SMILES string of the molecule is COc1cc(/C=N\NC(=O)C[C@H]2CCS(=O)(=O)C2)ccc1OCC#N. The summed E-state index contributed by atoms with van der Waals surface area (Å²) >= 11 is 0. The van der Waals surface area contributed by atoms with Crippen molar-refractivity contribution in [2.45, 2.75) is 12.8 Å². The summed E-state index contributed by atoms with van der Waals surface area (Å²) in [4.78, 5) is 11.8. The number of carbonyl (C=O) groups excluding carboxylic acids is 1. The van der Waals surface area contributed by atoms with Crippen LogP contribution in [0.25, 0.3) is 0 Å². The Balaban J connectivity index is 1.89. The topological polar surface area (TPSA) is 118 Å². The van der Waals surface area contributed by atoms with Crippen molar-refractivity contribution in [3.63, 3.8) is 0 Å². The Labute approximate surface area is 146 Å². The molecule has 1 aromatic rings. The van der Waals surface area contributed by atoms with Gasteiger partial charge in [0.2, 0.25) is 5.91 Å². The molecular formula is C16H19N3O5S. The summed E-state index contributed by atoms with van der Waals surface area (Å²) in [5.74, 6) is 0.630. The predicted octanol–water partition coefficient (Wildman–Crippen LogP) is 0.872. The normalized spacial score (nSPS) is 18.6. The average Bonchev–Trinajstić information content (AvgIpc) is 2.91. The van der Waals surface area contributed by atoms with Crippen molar-refractivity contribution in [2.24, 2.45) is 11.0 Å². The van der Waals surface area contributed by atoms with Gasteiger partial charge in [-0.05, 0) is 36.1 Å². The molecule has 0 unspecified atom stereocenters. The van der Waals surface area contributed by atoms with Gasteiger partial charge in [-0.2, -0.15) is 10.4 Å². The number of nitrogens with one attached hydrogen (secondary N) is 1. The van der Waals surface area contributed by atoms with Gasteiger partial charge in [-0.15, -0.1) is 0 Å². The molecule has 1 aromatic carbocycles. The molecule has 134 valence electrons. The minimum Gasteiger partial charge on any atom is -0.493 e. The summed E-state index contributed by atoms with van der Waals surface area (Å²) in [7, 11) is -1.51. The maximum absolute atomic E-state index is 11.8. The van der Waals surface area contributed by atoms with Crippen LogP contribution >= 0.6 is 0 Å². The van der Waals surface area contributed by atoms with E-state index in [0.29, 0.717) is 23.5 Å². The van der Waals surface area contributed by atoms with E-state index in [0.717, 1.165) is 0 Å². The van der Waals surface area contributed by atoms with Crippen molar-refractivity contribution in [3.8, 4) is 17.6 Å². The number of hydrazone groups is 1. The summed E-state index contributed by atoms with van der Waals surface area (Å²) in [5.41, 5.74) is 3.06. The van der Waals surface area contributed by atoms with Gasteiger partial charge < -0.3 is 9.47 Å². The van der Waals surface area contributed by atoms with Gasteiger partial charge >= 0.3 is 0 Å². The van der Waals surface area contributed by atoms with Crippen molar-refractivity contribution in [2.75, 3.05) is 25.2 Å². The number of hydrogen-bond acceptors (Lipinski definition) is 7. The van der Waals surface area contributed by atoms with E-state index < -0.39 is 9.84 Å². The number of benzene rings is 1. The molecule has 1 amide bonds. The Hall–Kier alpha value is -2.60. The second-order valence-corrected chi connectivity index (χ2v) is 7.85. The van der Waals surface area contributed by atoms with Crippen LogP contribution in [0.15, 0.2) is 23.3 Å². The van der Waals surface area contributed by atoms with Crippen molar-refractivity contribution in [1.29, 1.82) is 5.26 Å². The van der Waals surface area contributed by atoms with E-state index >= 15 is 0 Å². The van der Waals surface area contributed by atoms with Crippen molar-refractivity contribution in [1.82, 2.24) is 5.43 Å². The molecule has 0 spiro atoms. The largest absolute Gasteiger partial charge is 0.493 e. The molecule has 9 heteroatoms. The predicted molar refractivity (Wildman–Crippen MR) is 91.2 cm³/mol. The third-order valence-electron chi connectivity index (χ3n) is 3.68. The molecule has 0 saturated carbocycles. The number of nitrogens with zero attached hydrogens (tertiary/aromatic N) is 2. The van der Waals surface area contributed by atoms with Crippen LogP contribution in [0.4, 0.5) is 0 Å². The van der Waals surface area contributed by atoms with Gasteiger partial charge in [-0.3, -0.25) is 4.79 Å². The second-order valence-electron chi connectivity index (χ2n) is 5.62. The Kier molecular flexibility index (Phi) is 6.36. The fourth-order valence-corrected chi connectivity index (χ4v) is 4.38. The highest BCUT2D eigenvalue weighted by molar-refractivity contribution is 7.91. The lowest BCUT2D eigenvalue weighted by Gasteiger charge is -2.08. The summed E-state index contributed by atoms with van der Waals surface area (Å²) in [6.45, 7) is -0.0866. The van der Waals surface area contributed by atoms with E-state index in [1.54, 1.807) is 18.2 Å². The Bertz CT molecular complexity index is 798. The number of sulfone groups is 1. The lowest BCUT2D eigenvalue weighted by Crippen LogP contribution is -2.21. The maximum Gasteiger partial charge on any atom is 0.240 e. The van der Waals surface area contributed by atoms with Crippen LogP contribution in [0.3, 0.4) is 0 Å². The lowest BCUT2D eigenvalue weighted by atomic mass is 10.1. The van der Waals surface area contributed by atoms with Crippen LogP contribution < -0.4 is 14.9 Å². The molecular weight excluding hydrogens is 346 g/mol. The van der Waals surface area contributed by atoms with Gasteiger partial charge in [0.05, 0.1) is 24.8 Å². The first kappa shape index (κ1) is 18.7. The van der Waals surface area contributed by atoms with Crippen molar-refractivity contribution in [3.05, 3.63) is 23.8 Å². The molecule has 0 radical (unpaired) electrons. The fraction of sp³-hybridized carbons (Fsp3) is 0.438. The molecule has 1 aliphatic rings. The summed E-state index contributed by atoms with van der Waals surface area (Å²) < 4.78 is 33.1. The summed E-state index contributed by atoms with van der Waals surface area (Å²) in [6, 6.07) is 6.88. The zero-order chi connectivity index (χ0) is 18.3.